The van der Waals surface area contributed by atoms with E-state index in [1.54, 1.807) is 0 Å². The molecule has 10 atom stereocenters. The van der Waals surface area contributed by atoms with E-state index in [4.69, 9.17) is 0 Å². The molecule has 152 valence electrons. The fraction of sp³-hybridized carbons (Fsp3) is 0.870. The quantitative estimate of drug-likeness (QED) is 0.743. The lowest BCUT2D eigenvalue weighted by atomic mass is 9.45. The highest BCUT2D eigenvalue weighted by Crippen LogP contribution is 2.66. The Hall–Kier alpha value is -0.870. The number of aliphatic hydroxyl groups excluding tert-OH is 2. The van der Waals surface area contributed by atoms with Crippen molar-refractivity contribution < 1.29 is 20.1 Å². The average Bonchev–Trinajstić information content (AvgIpc) is 2.95. The molecule has 0 bridgehead atoms. The number of hydrogen-bond donors (Lipinski definition) is 2. The van der Waals surface area contributed by atoms with Gasteiger partial charge in [-0.15, -0.1) is 0 Å². The van der Waals surface area contributed by atoms with Crippen molar-refractivity contribution in [1.82, 2.24) is 0 Å². The van der Waals surface area contributed by atoms with Crippen LogP contribution < -0.4 is 5.11 Å². The molecule has 0 radical (unpaired) electrons. The summed E-state index contributed by atoms with van der Waals surface area (Å²) in [7, 11) is 0. The molecule has 0 unspecified atom stereocenters. The van der Waals surface area contributed by atoms with Crippen molar-refractivity contribution in [3.63, 3.8) is 0 Å². The van der Waals surface area contributed by atoms with Gasteiger partial charge in [0.15, 0.2) is 0 Å². The second-order valence-electron chi connectivity index (χ2n) is 10.6. The molecular weight excluding hydrogens is 340 g/mol. The Morgan fingerprint density at radius 3 is 2.59 bits per heavy atom. The van der Waals surface area contributed by atoms with Crippen LogP contribution in [0.25, 0.3) is 0 Å². The molecule has 4 aliphatic rings. The molecule has 0 aromatic rings. The maximum Gasteiger partial charge on any atom is 0.0602 e. The summed E-state index contributed by atoms with van der Waals surface area (Å²) in [5.74, 6) is 1.06. The number of allylic oxidation sites excluding steroid dienone is 2. The van der Waals surface area contributed by atoms with Gasteiger partial charge in [-0.3, -0.25) is 0 Å². The molecule has 2 N–H and O–H groups in total. The van der Waals surface area contributed by atoms with Crippen molar-refractivity contribution in [3.05, 3.63) is 12.2 Å². The Morgan fingerprint density at radius 1 is 1.15 bits per heavy atom. The largest absolute Gasteiger partial charge is 0.550 e. The Kier molecular flexibility index (Phi) is 4.74. The molecule has 0 spiro atoms. The number of fused-ring (bicyclic) bond motifs is 5. The molecular formula is C23H35O4-. The third-order valence-electron chi connectivity index (χ3n) is 9.49. The van der Waals surface area contributed by atoms with E-state index >= 15 is 0 Å². The first kappa shape index (κ1) is 19.4. The Balaban J connectivity index is 1.64. The van der Waals surface area contributed by atoms with Crippen LogP contribution in [0.5, 0.6) is 0 Å². The maximum absolute atomic E-state index is 11.4. The van der Waals surface area contributed by atoms with Crippen molar-refractivity contribution in [2.45, 2.75) is 77.9 Å². The van der Waals surface area contributed by atoms with Crippen LogP contribution in [0.2, 0.25) is 0 Å². The highest BCUT2D eigenvalue weighted by atomic mass is 16.4. The van der Waals surface area contributed by atoms with Crippen LogP contribution in [-0.4, -0.2) is 28.4 Å². The van der Waals surface area contributed by atoms with Gasteiger partial charge < -0.3 is 20.1 Å². The van der Waals surface area contributed by atoms with E-state index in [-0.39, 0.29) is 41.3 Å². The Morgan fingerprint density at radius 2 is 1.89 bits per heavy atom. The van der Waals surface area contributed by atoms with Crippen LogP contribution in [0.1, 0.15) is 65.7 Å². The van der Waals surface area contributed by atoms with Crippen LogP contribution in [0.4, 0.5) is 0 Å². The normalized spacial score (nSPS) is 52.6. The SMILES string of the molecule is C[C@@H](CC(=O)[O-])[C@@H]1CC[C@H]2[C@H]3C=C[C@H]4C[C@@H](O)CC[C@]4(C)[C@@H]3C[C@@H](O)[C@@]21C. The van der Waals surface area contributed by atoms with Gasteiger partial charge in [0, 0.05) is 5.97 Å². The lowest BCUT2D eigenvalue weighted by Crippen LogP contribution is -2.57. The average molecular weight is 376 g/mol. The third kappa shape index (κ3) is 2.81. The third-order valence-corrected chi connectivity index (χ3v) is 9.49. The predicted octanol–water partition coefficient (Wildman–Crippen LogP) is 2.53. The van der Waals surface area contributed by atoms with E-state index in [0.717, 1.165) is 38.5 Å². The highest BCUT2D eigenvalue weighted by Gasteiger charge is 2.62. The summed E-state index contributed by atoms with van der Waals surface area (Å²) in [4.78, 5) is 11.2. The molecule has 0 amide bonds. The molecule has 3 fully saturated rings. The molecule has 4 heteroatoms. The predicted molar refractivity (Wildman–Crippen MR) is 101 cm³/mol. The van der Waals surface area contributed by atoms with Gasteiger partial charge in [-0.2, -0.15) is 0 Å². The minimum absolute atomic E-state index is 0.0388. The first-order chi connectivity index (χ1) is 12.7. The molecule has 4 rings (SSSR count). The van der Waals surface area contributed by atoms with Gasteiger partial charge in [-0.25, -0.2) is 0 Å². The van der Waals surface area contributed by atoms with Gasteiger partial charge in [0.25, 0.3) is 0 Å². The molecule has 3 saturated carbocycles. The number of carbonyl (C=O) groups excluding carboxylic acids is 1. The van der Waals surface area contributed by atoms with Crippen LogP contribution in [0.3, 0.4) is 0 Å². The first-order valence-electron chi connectivity index (χ1n) is 10.9. The molecule has 0 aliphatic heterocycles. The lowest BCUT2D eigenvalue weighted by molar-refractivity contribution is -0.307. The summed E-state index contributed by atoms with van der Waals surface area (Å²) >= 11 is 0. The molecule has 0 heterocycles. The van der Waals surface area contributed by atoms with Gasteiger partial charge in [0.05, 0.1) is 12.2 Å². The Labute approximate surface area is 163 Å². The fourth-order valence-corrected chi connectivity index (χ4v) is 7.93. The van der Waals surface area contributed by atoms with Gasteiger partial charge in [-0.1, -0.05) is 32.9 Å². The van der Waals surface area contributed by atoms with Crippen molar-refractivity contribution in [2.75, 3.05) is 0 Å². The molecule has 0 saturated heterocycles. The molecule has 0 aromatic heterocycles. The zero-order valence-corrected chi connectivity index (χ0v) is 16.9. The van der Waals surface area contributed by atoms with Crippen molar-refractivity contribution in [3.8, 4) is 0 Å². The van der Waals surface area contributed by atoms with E-state index in [0.29, 0.717) is 23.7 Å². The zero-order chi connectivity index (χ0) is 19.6. The maximum atomic E-state index is 11.4. The molecule has 0 aromatic carbocycles. The Bertz CT molecular complexity index is 630. The van der Waals surface area contributed by atoms with Crippen molar-refractivity contribution in [2.24, 2.45) is 46.3 Å². The van der Waals surface area contributed by atoms with Crippen molar-refractivity contribution >= 4 is 5.97 Å². The number of aliphatic carboxylic acids is 1. The molecule has 27 heavy (non-hydrogen) atoms. The van der Waals surface area contributed by atoms with Crippen LogP contribution in [0.15, 0.2) is 12.2 Å². The standard InChI is InChI=1S/C23H36O4/c1-13(10-21(26)27)17-6-7-18-16-5-4-14-11-15(24)8-9-22(14,2)19(16)12-20(25)23(17,18)3/h4-5,13-20,24-25H,6-12H2,1-3H3,(H,26,27)/p-1/t13-,14-,15-,16+,17-,18-,19+,20+,22-,23+/m0/s1. The van der Waals surface area contributed by atoms with E-state index in [9.17, 15) is 20.1 Å². The smallest absolute Gasteiger partial charge is 0.0602 e. The summed E-state index contributed by atoms with van der Waals surface area (Å²) < 4.78 is 0. The number of carbonyl (C=O) groups is 1. The summed E-state index contributed by atoms with van der Waals surface area (Å²) in [6, 6.07) is 0. The second kappa shape index (κ2) is 6.59. The number of carboxylic acid groups (broad SMARTS) is 1. The minimum atomic E-state index is -0.980. The van der Waals surface area contributed by atoms with E-state index in [1.807, 2.05) is 6.92 Å². The van der Waals surface area contributed by atoms with Gasteiger partial charge >= 0.3 is 0 Å². The van der Waals surface area contributed by atoms with Gasteiger partial charge in [-0.05, 0) is 91.3 Å². The molecule has 4 nitrogen and oxygen atoms in total. The number of hydrogen-bond acceptors (Lipinski definition) is 4. The van der Waals surface area contributed by atoms with E-state index < -0.39 is 5.97 Å². The van der Waals surface area contributed by atoms with E-state index in [2.05, 4.69) is 26.0 Å². The minimum Gasteiger partial charge on any atom is -0.550 e. The van der Waals surface area contributed by atoms with Gasteiger partial charge in [0.1, 0.15) is 0 Å². The second-order valence-corrected chi connectivity index (χ2v) is 10.6. The molecule has 4 aliphatic carbocycles. The zero-order valence-electron chi connectivity index (χ0n) is 16.9. The van der Waals surface area contributed by atoms with E-state index in [1.165, 1.54) is 0 Å². The number of carboxylic acids is 1. The fourth-order valence-electron chi connectivity index (χ4n) is 7.93. The van der Waals surface area contributed by atoms with Crippen LogP contribution in [-0.2, 0) is 4.79 Å². The monoisotopic (exact) mass is 375 g/mol. The summed E-state index contributed by atoms with van der Waals surface area (Å²) in [6.45, 7) is 6.61. The number of aliphatic hydroxyl groups is 2. The highest BCUT2D eigenvalue weighted by molar-refractivity contribution is 5.64. The van der Waals surface area contributed by atoms with Crippen LogP contribution >= 0.6 is 0 Å². The first-order valence-corrected chi connectivity index (χ1v) is 10.9. The van der Waals surface area contributed by atoms with Gasteiger partial charge in [0.2, 0.25) is 0 Å². The lowest BCUT2D eigenvalue weighted by Gasteiger charge is -2.60. The summed E-state index contributed by atoms with van der Waals surface area (Å²) in [5, 5.41) is 32.6. The number of rotatable bonds is 3. The van der Waals surface area contributed by atoms with Crippen LogP contribution in [0, 0.1) is 46.3 Å². The van der Waals surface area contributed by atoms with Crippen molar-refractivity contribution in [1.29, 1.82) is 0 Å². The summed E-state index contributed by atoms with van der Waals surface area (Å²) in [5.41, 5.74) is -0.0482. The summed E-state index contributed by atoms with van der Waals surface area (Å²) in [6.07, 6.45) is 9.90. The topological polar surface area (TPSA) is 80.6 Å².